The maximum Gasteiger partial charge on any atom is 0.240 e. The van der Waals surface area contributed by atoms with Gasteiger partial charge in [0.25, 0.3) is 0 Å². The largest absolute Gasteiger partial charge is 0.358 e. The Morgan fingerprint density at radius 2 is 1.95 bits per heavy atom. The van der Waals surface area contributed by atoms with E-state index in [2.05, 4.69) is 5.32 Å². The minimum absolute atomic E-state index is 0.171. The molecule has 1 N–H and O–H groups in total. The zero-order valence-electron chi connectivity index (χ0n) is 11.0. The summed E-state index contributed by atoms with van der Waals surface area (Å²) in [5, 5.41) is 2.36. The second-order valence-corrected chi connectivity index (χ2v) is 5.96. The fourth-order valence-corrected chi connectivity index (χ4v) is 2.34. The normalized spacial score (nSPS) is 10.9. The molecule has 0 heterocycles. The molecule has 6 nitrogen and oxygen atoms in total. The third kappa shape index (κ3) is 4.06. The van der Waals surface area contributed by atoms with Gasteiger partial charge in [0.1, 0.15) is 6.54 Å². The van der Waals surface area contributed by atoms with Gasteiger partial charge in [-0.05, 0) is 19.1 Å². The van der Waals surface area contributed by atoms with E-state index in [4.69, 9.17) is 0 Å². The van der Waals surface area contributed by atoms with Crippen molar-refractivity contribution in [3.63, 3.8) is 0 Å². The molecule has 0 aliphatic heterocycles. The Balaban J connectivity index is 3.22. The summed E-state index contributed by atoms with van der Waals surface area (Å²) in [7, 11) is -2.18. The van der Waals surface area contributed by atoms with Crippen LogP contribution in [0.15, 0.2) is 24.3 Å². The summed E-state index contributed by atoms with van der Waals surface area (Å²) in [4.78, 5) is 22.7. The molecule has 19 heavy (non-hydrogen) atoms. The number of carbonyl (C=O) groups is 2. The van der Waals surface area contributed by atoms with Crippen LogP contribution in [0.25, 0.3) is 0 Å². The van der Waals surface area contributed by atoms with Gasteiger partial charge in [0.15, 0.2) is 5.78 Å². The molecule has 0 bridgehead atoms. The summed E-state index contributed by atoms with van der Waals surface area (Å²) in [6.07, 6.45) is 1.01. The fourth-order valence-electron chi connectivity index (χ4n) is 1.49. The third-order valence-electron chi connectivity index (χ3n) is 2.51. The summed E-state index contributed by atoms with van der Waals surface area (Å²) in [5.41, 5.74) is 0.682. The molecule has 1 rings (SSSR count). The lowest BCUT2D eigenvalue weighted by Crippen LogP contribution is -2.39. The van der Waals surface area contributed by atoms with E-state index in [1.807, 2.05) is 0 Å². The molecule has 104 valence electrons. The number of hydrogen-bond donors (Lipinski definition) is 1. The van der Waals surface area contributed by atoms with E-state index >= 15 is 0 Å². The number of amides is 1. The molecule has 0 aliphatic carbocycles. The van der Waals surface area contributed by atoms with Crippen LogP contribution in [0.3, 0.4) is 0 Å². The van der Waals surface area contributed by atoms with Crippen molar-refractivity contribution in [1.82, 2.24) is 5.32 Å². The quantitative estimate of drug-likeness (QED) is 0.793. The molecule has 0 aliphatic rings. The van der Waals surface area contributed by atoms with E-state index in [-0.39, 0.29) is 12.3 Å². The van der Waals surface area contributed by atoms with Gasteiger partial charge >= 0.3 is 0 Å². The van der Waals surface area contributed by atoms with Crippen LogP contribution in [0.5, 0.6) is 0 Å². The summed E-state index contributed by atoms with van der Waals surface area (Å²) in [6, 6.07) is 6.16. The Hall–Kier alpha value is -1.89. The molecule has 1 aromatic rings. The summed E-state index contributed by atoms with van der Waals surface area (Å²) < 4.78 is 24.4. The monoisotopic (exact) mass is 284 g/mol. The first-order chi connectivity index (χ1) is 8.75. The summed E-state index contributed by atoms with van der Waals surface area (Å²) in [6.45, 7) is 1.07. The first kappa shape index (κ1) is 15.2. The highest BCUT2D eigenvalue weighted by Crippen LogP contribution is 2.19. The molecular weight excluding hydrogens is 268 g/mol. The number of benzene rings is 1. The van der Waals surface area contributed by atoms with Gasteiger partial charge in [0.2, 0.25) is 15.9 Å². The van der Waals surface area contributed by atoms with Crippen molar-refractivity contribution in [3.8, 4) is 0 Å². The Bertz CT molecular complexity index is 596. The van der Waals surface area contributed by atoms with Gasteiger partial charge in [0, 0.05) is 12.6 Å². The smallest absolute Gasteiger partial charge is 0.240 e. The van der Waals surface area contributed by atoms with Crippen molar-refractivity contribution < 1.29 is 18.0 Å². The molecule has 0 unspecified atom stereocenters. The zero-order valence-corrected chi connectivity index (χ0v) is 11.8. The maximum atomic E-state index is 11.7. The number of Topliss-reactive ketones (excluding diaryl/α,β-unsaturated/α-hetero) is 1. The number of ketones is 1. The maximum absolute atomic E-state index is 11.7. The highest BCUT2D eigenvalue weighted by atomic mass is 32.2. The van der Waals surface area contributed by atoms with Gasteiger partial charge in [0.05, 0.1) is 11.9 Å². The van der Waals surface area contributed by atoms with Crippen LogP contribution < -0.4 is 9.62 Å². The van der Waals surface area contributed by atoms with E-state index in [0.717, 1.165) is 10.6 Å². The summed E-state index contributed by atoms with van der Waals surface area (Å²) in [5.74, 6) is -0.603. The van der Waals surface area contributed by atoms with E-state index in [9.17, 15) is 18.0 Å². The number of carbonyl (C=O) groups excluding carboxylic acids is 2. The van der Waals surface area contributed by atoms with Gasteiger partial charge in [-0.2, -0.15) is 0 Å². The molecule has 0 fully saturated rings. The van der Waals surface area contributed by atoms with E-state index in [1.54, 1.807) is 12.1 Å². The number of sulfonamides is 1. The first-order valence-corrected chi connectivity index (χ1v) is 7.40. The lowest BCUT2D eigenvalue weighted by Gasteiger charge is -2.21. The lowest BCUT2D eigenvalue weighted by molar-refractivity contribution is -0.119. The average Bonchev–Trinajstić information content (AvgIpc) is 2.34. The number of anilines is 1. The molecule has 0 aromatic heterocycles. The zero-order chi connectivity index (χ0) is 14.6. The third-order valence-corrected chi connectivity index (χ3v) is 3.65. The average molecular weight is 284 g/mol. The highest BCUT2D eigenvalue weighted by molar-refractivity contribution is 7.92. The standard InChI is InChI=1S/C12H16N2O4S/c1-9(15)10-5-4-6-11(7-10)14(19(3,17)18)8-12(16)13-2/h4-7H,8H2,1-3H3,(H,13,16). The number of nitrogens with one attached hydrogen (secondary N) is 1. The van der Waals surface area contributed by atoms with Gasteiger partial charge in [-0.25, -0.2) is 8.42 Å². The molecule has 0 saturated heterocycles. The minimum atomic E-state index is -3.60. The van der Waals surface area contributed by atoms with Crippen LogP contribution in [-0.4, -0.2) is 40.0 Å². The highest BCUT2D eigenvalue weighted by Gasteiger charge is 2.20. The molecular formula is C12H16N2O4S. The predicted molar refractivity (Wildman–Crippen MR) is 72.7 cm³/mol. The molecule has 7 heteroatoms. The van der Waals surface area contributed by atoms with Crippen molar-refractivity contribution >= 4 is 27.4 Å². The second-order valence-electron chi connectivity index (χ2n) is 4.05. The fraction of sp³-hybridized carbons (Fsp3) is 0.333. The van der Waals surface area contributed by atoms with Crippen LogP contribution in [0.2, 0.25) is 0 Å². The minimum Gasteiger partial charge on any atom is -0.358 e. The Labute approximate surface area is 112 Å². The van der Waals surface area contributed by atoms with Crippen molar-refractivity contribution in [2.45, 2.75) is 6.92 Å². The molecule has 0 spiro atoms. The molecule has 1 amide bonds. The molecule has 1 aromatic carbocycles. The van der Waals surface area contributed by atoms with Crippen molar-refractivity contribution in [2.75, 3.05) is 24.2 Å². The molecule has 0 saturated carbocycles. The Morgan fingerprint density at radius 1 is 1.32 bits per heavy atom. The number of rotatable bonds is 5. The number of nitrogens with zero attached hydrogens (tertiary/aromatic N) is 1. The van der Waals surface area contributed by atoms with Crippen LogP contribution in [-0.2, 0) is 14.8 Å². The SMILES string of the molecule is CNC(=O)CN(c1cccc(C(C)=O)c1)S(C)(=O)=O. The van der Waals surface area contributed by atoms with Gasteiger partial charge in [-0.15, -0.1) is 0 Å². The van der Waals surface area contributed by atoms with Crippen LogP contribution in [0, 0.1) is 0 Å². The van der Waals surface area contributed by atoms with Crippen LogP contribution >= 0.6 is 0 Å². The van der Waals surface area contributed by atoms with Gasteiger partial charge in [-0.3, -0.25) is 13.9 Å². The number of hydrogen-bond acceptors (Lipinski definition) is 4. The van der Waals surface area contributed by atoms with Crippen molar-refractivity contribution in [1.29, 1.82) is 0 Å². The van der Waals surface area contributed by atoms with Crippen LogP contribution in [0.1, 0.15) is 17.3 Å². The van der Waals surface area contributed by atoms with Gasteiger partial charge < -0.3 is 5.32 Å². The van der Waals surface area contributed by atoms with E-state index in [1.165, 1.54) is 26.1 Å². The molecule has 0 atom stereocenters. The second kappa shape index (κ2) is 5.83. The lowest BCUT2D eigenvalue weighted by atomic mass is 10.1. The summed E-state index contributed by atoms with van der Waals surface area (Å²) >= 11 is 0. The van der Waals surface area contributed by atoms with Crippen LogP contribution in [0.4, 0.5) is 5.69 Å². The van der Waals surface area contributed by atoms with E-state index in [0.29, 0.717) is 11.3 Å². The molecule has 0 radical (unpaired) electrons. The predicted octanol–water partition coefficient (Wildman–Crippen LogP) is 0.401. The van der Waals surface area contributed by atoms with E-state index < -0.39 is 15.9 Å². The van der Waals surface area contributed by atoms with Crippen molar-refractivity contribution in [3.05, 3.63) is 29.8 Å². The Morgan fingerprint density at radius 3 is 2.42 bits per heavy atom. The van der Waals surface area contributed by atoms with Gasteiger partial charge in [-0.1, -0.05) is 12.1 Å². The number of likely N-dealkylation sites (N-methyl/N-ethyl adjacent to an activating group) is 1. The van der Waals surface area contributed by atoms with Crippen molar-refractivity contribution in [2.24, 2.45) is 0 Å². The first-order valence-electron chi connectivity index (χ1n) is 5.55. The topological polar surface area (TPSA) is 83.6 Å². The Kier molecular flexibility index (Phi) is 4.66.